The molecule has 0 saturated heterocycles. The Kier molecular flexibility index (Phi) is 8.15. The summed E-state index contributed by atoms with van der Waals surface area (Å²) < 4.78 is 43.5. The third kappa shape index (κ3) is 6.39. The van der Waals surface area contributed by atoms with E-state index in [2.05, 4.69) is 5.32 Å². The highest BCUT2D eigenvalue weighted by Gasteiger charge is 2.27. The van der Waals surface area contributed by atoms with Gasteiger partial charge in [-0.15, -0.1) is 0 Å². The van der Waals surface area contributed by atoms with Crippen molar-refractivity contribution in [2.75, 3.05) is 38.2 Å². The van der Waals surface area contributed by atoms with Crippen LogP contribution in [0.3, 0.4) is 0 Å². The van der Waals surface area contributed by atoms with Gasteiger partial charge in [0.1, 0.15) is 30.4 Å². The fraction of sp³-hybridized carbons (Fsp3) is 0.208. The van der Waals surface area contributed by atoms with Crippen molar-refractivity contribution in [2.45, 2.75) is 4.90 Å². The van der Waals surface area contributed by atoms with Gasteiger partial charge in [0.15, 0.2) is 0 Å². The largest absolute Gasteiger partial charge is 0.497 e. The molecule has 0 spiro atoms. The van der Waals surface area contributed by atoms with Gasteiger partial charge in [-0.1, -0.05) is 24.3 Å². The first kappa shape index (κ1) is 23.9. The highest BCUT2D eigenvalue weighted by Crippen LogP contribution is 2.25. The van der Waals surface area contributed by atoms with Crippen molar-refractivity contribution in [3.63, 3.8) is 0 Å². The van der Waals surface area contributed by atoms with Gasteiger partial charge in [0, 0.05) is 6.07 Å². The Morgan fingerprint density at radius 3 is 2.18 bits per heavy atom. The Balaban J connectivity index is 1.68. The van der Waals surface area contributed by atoms with Crippen LogP contribution in [-0.4, -0.2) is 48.2 Å². The highest BCUT2D eigenvalue weighted by molar-refractivity contribution is 7.92. The molecule has 0 unspecified atom stereocenters. The lowest BCUT2D eigenvalue weighted by Crippen LogP contribution is -2.41. The summed E-state index contributed by atoms with van der Waals surface area (Å²) in [5.41, 5.74) is 0.349. The number of nitrogens with zero attached hydrogens (tertiary/aromatic N) is 1. The predicted octanol–water partition coefficient (Wildman–Crippen LogP) is 3.09. The molecule has 0 aromatic heterocycles. The fourth-order valence-electron chi connectivity index (χ4n) is 3.02. The van der Waals surface area contributed by atoms with Gasteiger partial charge in [0.2, 0.25) is 5.91 Å². The molecule has 9 heteroatoms. The molecule has 3 aromatic rings. The third-order valence-corrected chi connectivity index (χ3v) is 6.50. The number of hydrogen-bond acceptors (Lipinski definition) is 6. The molecule has 3 aromatic carbocycles. The predicted molar refractivity (Wildman–Crippen MR) is 125 cm³/mol. The van der Waals surface area contributed by atoms with Crippen LogP contribution in [0.2, 0.25) is 0 Å². The number of hydrogen-bond donors (Lipinski definition) is 1. The van der Waals surface area contributed by atoms with Crippen LogP contribution in [0.4, 0.5) is 5.69 Å². The van der Waals surface area contributed by atoms with Gasteiger partial charge < -0.3 is 19.5 Å². The molecule has 8 nitrogen and oxygen atoms in total. The minimum absolute atomic E-state index is 0.0926. The monoisotopic (exact) mass is 470 g/mol. The lowest BCUT2D eigenvalue weighted by atomic mass is 10.3. The minimum Gasteiger partial charge on any atom is -0.497 e. The van der Waals surface area contributed by atoms with Crippen molar-refractivity contribution in [3.8, 4) is 17.2 Å². The van der Waals surface area contributed by atoms with Crippen molar-refractivity contribution in [3.05, 3.63) is 78.9 Å². The van der Waals surface area contributed by atoms with Crippen LogP contribution in [0.1, 0.15) is 0 Å². The Labute approximate surface area is 193 Å². The molecular weight excluding hydrogens is 444 g/mol. The van der Waals surface area contributed by atoms with Gasteiger partial charge in [0.05, 0.1) is 31.3 Å². The SMILES string of the molecule is COc1ccc(N(CC(=O)NCCOc2cccc(OC)c2)S(=O)(=O)c2ccccc2)cc1. The second-order valence-electron chi connectivity index (χ2n) is 6.90. The Bertz CT molecular complexity index is 1150. The van der Waals surface area contributed by atoms with E-state index in [1.165, 1.54) is 19.2 Å². The molecule has 0 fully saturated rings. The van der Waals surface area contributed by atoms with Crippen molar-refractivity contribution < 1.29 is 27.4 Å². The van der Waals surface area contributed by atoms with E-state index in [1.54, 1.807) is 73.8 Å². The zero-order chi connectivity index (χ0) is 23.7. The molecule has 0 atom stereocenters. The van der Waals surface area contributed by atoms with Crippen LogP contribution in [-0.2, 0) is 14.8 Å². The summed E-state index contributed by atoms with van der Waals surface area (Å²) in [4.78, 5) is 12.7. The van der Waals surface area contributed by atoms with E-state index in [0.29, 0.717) is 22.9 Å². The number of carbonyl (C=O) groups excluding carboxylic acids is 1. The van der Waals surface area contributed by atoms with Crippen molar-refractivity contribution in [1.82, 2.24) is 5.32 Å². The van der Waals surface area contributed by atoms with E-state index in [9.17, 15) is 13.2 Å². The summed E-state index contributed by atoms with van der Waals surface area (Å²) in [6, 6.07) is 21.6. The van der Waals surface area contributed by atoms with E-state index in [0.717, 1.165) is 4.31 Å². The number of sulfonamides is 1. The lowest BCUT2D eigenvalue weighted by molar-refractivity contribution is -0.119. The maximum Gasteiger partial charge on any atom is 0.264 e. The van der Waals surface area contributed by atoms with E-state index >= 15 is 0 Å². The lowest BCUT2D eigenvalue weighted by Gasteiger charge is -2.24. The Morgan fingerprint density at radius 2 is 1.52 bits per heavy atom. The number of ether oxygens (including phenoxy) is 3. The fourth-order valence-corrected chi connectivity index (χ4v) is 4.46. The number of nitrogens with one attached hydrogen (secondary N) is 1. The summed E-state index contributed by atoms with van der Waals surface area (Å²) in [6.45, 7) is 0.0352. The van der Waals surface area contributed by atoms with Crippen LogP contribution < -0.4 is 23.8 Å². The second-order valence-corrected chi connectivity index (χ2v) is 8.76. The number of amides is 1. The molecule has 0 saturated carbocycles. The summed E-state index contributed by atoms with van der Waals surface area (Å²) in [6.07, 6.45) is 0. The molecule has 0 heterocycles. The second kappa shape index (κ2) is 11.2. The number of carbonyl (C=O) groups is 1. The first-order valence-electron chi connectivity index (χ1n) is 10.2. The molecule has 1 amide bonds. The van der Waals surface area contributed by atoms with Gasteiger partial charge >= 0.3 is 0 Å². The van der Waals surface area contributed by atoms with Crippen LogP contribution in [0.15, 0.2) is 83.8 Å². The zero-order valence-corrected chi connectivity index (χ0v) is 19.2. The van der Waals surface area contributed by atoms with Crippen molar-refractivity contribution >= 4 is 21.6 Å². The molecule has 3 rings (SSSR count). The number of rotatable bonds is 11. The summed E-state index contributed by atoms with van der Waals surface area (Å²) in [7, 11) is -0.874. The molecule has 1 N–H and O–H groups in total. The van der Waals surface area contributed by atoms with Gasteiger partial charge in [-0.2, -0.15) is 0 Å². The van der Waals surface area contributed by atoms with Crippen LogP contribution in [0, 0.1) is 0 Å². The van der Waals surface area contributed by atoms with E-state index in [1.807, 2.05) is 0 Å². The molecule has 174 valence electrons. The molecular formula is C24H26N2O6S. The first-order valence-corrected chi connectivity index (χ1v) is 11.6. The standard InChI is InChI=1S/C24H26N2O6S/c1-30-20-13-11-19(12-14-20)26(33(28,29)23-9-4-3-5-10-23)18-24(27)25-15-16-32-22-8-6-7-21(17-22)31-2/h3-14,17H,15-16,18H2,1-2H3,(H,25,27). The van der Waals surface area contributed by atoms with E-state index < -0.39 is 15.9 Å². The van der Waals surface area contributed by atoms with Crippen LogP contribution in [0.5, 0.6) is 17.2 Å². The average molecular weight is 471 g/mol. The quantitative estimate of drug-likeness (QED) is 0.433. The molecule has 0 radical (unpaired) electrons. The normalized spacial score (nSPS) is 10.8. The van der Waals surface area contributed by atoms with Gasteiger partial charge in [0.25, 0.3) is 10.0 Å². The maximum atomic E-state index is 13.3. The van der Waals surface area contributed by atoms with Crippen LogP contribution >= 0.6 is 0 Å². The Hall–Kier alpha value is -3.72. The van der Waals surface area contributed by atoms with Gasteiger partial charge in [-0.25, -0.2) is 8.42 Å². The first-order chi connectivity index (χ1) is 15.9. The molecule has 0 aliphatic heterocycles. The topological polar surface area (TPSA) is 94.2 Å². The molecule has 33 heavy (non-hydrogen) atoms. The molecule has 0 bridgehead atoms. The van der Waals surface area contributed by atoms with E-state index in [4.69, 9.17) is 14.2 Å². The summed E-state index contributed by atoms with van der Waals surface area (Å²) >= 11 is 0. The summed E-state index contributed by atoms with van der Waals surface area (Å²) in [5, 5.41) is 2.70. The van der Waals surface area contributed by atoms with Crippen LogP contribution in [0.25, 0.3) is 0 Å². The highest BCUT2D eigenvalue weighted by atomic mass is 32.2. The Morgan fingerprint density at radius 1 is 0.848 bits per heavy atom. The summed E-state index contributed by atoms with van der Waals surface area (Å²) in [5.74, 6) is 1.39. The van der Waals surface area contributed by atoms with Crippen molar-refractivity contribution in [1.29, 1.82) is 0 Å². The molecule has 0 aliphatic rings. The van der Waals surface area contributed by atoms with E-state index in [-0.39, 0.29) is 24.6 Å². The maximum absolute atomic E-state index is 13.3. The minimum atomic E-state index is -3.96. The zero-order valence-electron chi connectivity index (χ0n) is 18.4. The molecule has 0 aliphatic carbocycles. The number of methoxy groups -OCH3 is 2. The average Bonchev–Trinajstić information content (AvgIpc) is 2.86. The smallest absolute Gasteiger partial charge is 0.264 e. The third-order valence-electron chi connectivity index (χ3n) is 4.71. The van der Waals surface area contributed by atoms with Gasteiger partial charge in [-0.3, -0.25) is 9.10 Å². The van der Waals surface area contributed by atoms with Gasteiger partial charge in [-0.05, 0) is 48.5 Å². The van der Waals surface area contributed by atoms with Crippen molar-refractivity contribution in [2.24, 2.45) is 0 Å². The number of benzene rings is 3. The number of anilines is 1.